The molecule has 0 aliphatic carbocycles. The van der Waals surface area contributed by atoms with Crippen LogP contribution in [-0.2, 0) is 11.2 Å². The molecule has 72 valence electrons. The minimum atomic E-state index is -0.117. The highest BCUT2D eigenvalue weighted by molar-refractivity contribution is 7.09. The van der Waals surface area contributed by atoms with Gasteiger partial charge < -0.3 is 11.1 Å². The highest BCUT2D eigenvalue weighted by Gasteiger charge is 1.99. The van der Waals surface area contributed by atoms with Gasteiger partial charge in [-0.25, -0.2) is 4.98 Å². The number of rotatable bonds is 4. The number of aryl methyl sites for hydroxylation is 1. The van der Waals surface area contributed by atoms with Gasteiger partial charge in [0.15, 0.2) is 0 Å². The van der Waals surface area contributed by atoms with Crippen molar-refractivity contribution in [1.82, 2.24) is 10.3 Å². The van der Waals surface area contributed by atoms with Crippen LogP contribution in [0.4, 0.5) is 0 Å². The third kappa shape index (κ3) is 3.52. The number of hydrogen-bond acceptors (Lipinski definition) is 4. The van der Waals surface area contributed by atoms with Crippen molar-refractivity contribution < 1.29 is 4.79 Å². The van der Waals surface area contributed by atoms with Gasteiger partial charge in [-0.2, -0.15) is 0 Å². The Hall–Kier alpha value is -0.940. The third-order valence-electron chi connectivity index (χ3n) is 1.51. The summed E-state index contributed by atoms with van der Waals surface area (Å²) in [6.45, 7) is 2.62. The molecule has 0 aliphatic heterocycles. The number of amides is 1. The smallest absolute Gasteiger partial charge is 0.233 e. The molecule has 1 aromatic heterocycles. The van der Waals surface area contributed by atoms with E-state index in [1.54, 1.807) is 11.3 Å². The molecule has 0 atom stereocenters. The summed E-state index contributed by atoms with van der Waals surface area (Å²) < 4.78 is 0. The molecule has 0 spiro atoms. The molecule has 0 bridgehead atoms. The summed E-state index contributed by atoms with van der Waals surface area (Å²) in [4.78, 5) is 15.0. The Balaban J connectivity index is 2.24. The number of hydrogen-bond donors (Lipinski definition) is 2. The molecule has 1 aromatic rings. The Morgan fingerprint density at radius 3 is 3.08 bits per heavy atom. The molecule has 3 N–H and O–H groups in total. The van der Waals surface area contributed by atoms with E-state index in [2.05, 4.69) is 10.3 Å². The highest BCUT2D eigenvalue weighted by Crippen LogP contribution is 2.08. The molecule has 13 heavy (non-hydrogen) atoms. The van der Waals surface area contributed by atoms with Crippen LogP contribution in [0.3, 0.4) is 0 Å². The molecule has 4 nitrogen and oxygen atoms in total. The predicted octanol–water partition coefficient (Wildman–Crippen LogP) is 0.0689. The zero-order chi connectivity index (χ0) is 9.68. The first-order valence-electron chi connectivity index (χ1n) is 4.10. The van der Waals surface area contributed by atoms with Gasteiger partial charge >= 0.3 is 0 Å². The van der Waals surface area contributed by atoms with Crippen LogP contribution in [-0.4, -0.2) is 24.0 Å². The molecule has 5 heteroatoms. The zero-order valence-corrected chi connectivity index (χ0v) is 8.36. The Morgan fingerprint density at radius 2 is 2.54 bits per heavy atom. The van der Waals surface area contributed by atoms with Crippen LogP contribution in [0.5, 0.6) is 0 Å². The largest absolute Gasteiger partial charge is 0.355 e. The fraction of sp³-hybridized carbons (Fsp3) is 0.500. The third-order valence-corrected chi connectivity index (χ3v) is 2.54. The fourth-order valence-corrected chi connectivity index (χ4v) is 1.67. The van der Waals surface area contributed by atoms with Crippen molar-refractivity contribution in [2.24, 2.45) is 5.73 Å². The van der Waals surface area contributed by atoms with Crippen LogP contribution >= 0.6 is 11.3 Å². The summed E-state index contributed by atoms with van der Waals surface area (Å²) in [6, 6.07) is 0. The Labute approximate surface area is 81.2 Å². The molecule has 0 aliphatic rings. The number of nitrogens with two attached hydrogens (primary N) is 1. The highest BCUT2D eigenvalue weighted by atomic mass is 32.1. The van der Waals surface area contributed by atoms with Gasteiger partial charge in [-0.15, -0.1) is 11.3 Å². The van der Waals surface area contributed by atoms with Crippen LogP contribution in [0.1, 0.15) is 10.7 Å². The van der Waals surface area contributed by atoms with Gasteiger partial charge in [-0.3, -0.25) is 4.79 Å². The van der Waals surface area contributed by atoms with Gasteiger partial charge in [0.2, 0.25) is 5.91 Å². The number of carbonyl (C=O) groups is 1. The minimum absolute atomic E-state index is 0.0525. The van der Waals surface area contributed by atoms with Gasteiger partial charge in [-0.05, 0) is 6.92 Å². The van der Waals surface area contributed by atoms with Crippen molar-refractivity contribution in [1.29, 1.82) is 0 Å². The molecular formula is C8H13N3OS. The number of thiazole rings is 1. The van der Waals surface area contributed by atoms with Crippen molar-refractivity contribution in [2.75, 3.05) is 13.1 Å². The van der Waals surface area contributed by atoms with Gasteiger partial charge in [0, 0.05) is 24.0 Å². The molecule has 0 radical (unpaired) electrons. The normalized spacial score (nSPS) is 10.0. The van der Waals surface area contributed by atoms with E-state index < -0.39 is 0 Å². The maximum atomic E-state index is 10.8. The molecule has 0 fully saturated rings. The first-order chi connectivity index (χ1) is 6.22. The minimum Gasteiger partial charge on any atom is -0.355 e. The molecular weight excluding hydrogens is 186 g/mol. The predicted molar refractivity (Wildman–Crippen MR) is 52.6 cm³/mol. The SMILES string of the molecule is Cc1csc(CCNC(=O)CN)n1. The Morgan fingerprint density at radius 1 is 1.77 bits per heavy atom. The van der Waals surface area contributed by atoms with Crippen molar-refractivity contribution in [3.8, 4) is 0 Å². The monoisotopic (exact) mass is 199 g/mol. The van der Waals surface area contributed by atoms with E-state index in [4.69, 9.17) is 5.73 Å². The number of nitrogens with zero attached hydrogens (tertiary/aromatic N) is 1. The first-order valence-corrected chi connectivity index (χ1v) is 4.98. The molecule has 0 aromatic carbocycles. The van der Waals surface area contributed by atoms with E-state index in [9.17, 15) is 4.79 Å². The summed E-state index contributed by atoms with van der Waals surface area (Å²) >= 11 is 1.62. The molecule has 0 saturated heterocycles. The maximum Gasteiger partial charge on any atom is 0.233 e. The van der Waals surface area contributed by atoms with Crippen LogP contribution in [0, 0.1) is 6.92 Å². The summed E-state index contributed by atoms with van der Waals surface area (Å²) in [6.07, 6.45) is 0.782. The Kier molecular flexibility index (Phi) is 3.85. The lowest BCUT2D eigenvalue weighted by Crippen LogP contribution is -2.31. The van der Waals surface area contributed by atoms with Crippen molar-refractivity contribution in [3.63, 3.8) is 0 Å². The van der Waals surface area contributed by atoms with E-state index in [0.717, 1.165) is 17.1 Å². The van der Waals surface area contributed by atoms with E-state index in [0.29, 0.717) is 6.54 Å². The van der Waals surface area contributed by atoms with E-state index in [-0.39, 0.29) is 12.5 Å². The second-order valence-corrected chi connectivity index (χ2v) is 3.63. The quantitative estimate of drug-likeness (QED) is 0.721. The van der Waals surface area contributed by atoms with Crippen molar-refractivity contribution in [2.45, 2.75) is 13.3 Å². The maximum absolute atomic E-state index is 10.8. The van der Waals surface area contributed by atoms with Gasteiger partial charge in [0.05, 0.1) is 11.6 Å². The standard InChI is InChI=1S/C8H13N3OS/c1-6-5-13-8(11-6)2-3-10-7(12)4-9/h5H,2-4,9H2,1H3,(H,10,12). The van der Waals surface area contributed by atoms with Gasteiger partial charge in [0.25, 0.3) is 0 Å². The summed E-state index contributed by atoms with van der Waals surface area (Å²) in [5, 5.41) is 5.74. The van der Waals surface area contributed by atoms with Crippen LogP contribution < -0.4 is 11.1 Å². The van der Waals surface area contributed by atoms with Gasteiger partial charge in [0.1, 0.15) is 0 Å². The number of aromatic nitrogens is 1. The lowest BCUT2D eigenvalue weighted by molar-refractivity contribution is -0.119. The summed E-state index contributed by atoms with van der Waals surface area (Å²) in [5.74, 6) is -0.117. The van der Waals surface area contributed by atoms with E-state index >= 15 is 0 Å². The molecule has 1 heterocycles. The zero-order valence-electron chi connectivity index (χ0n) is 7.54. The first kappa shape index (κ1) is 10.1. The average molecular weight is 199 g/mol. The van der Waals surface area contributed by atoms with Gasteiger partial charge in [-0.1, -0.05) is 0 Å². The molecule has 0 unspecified atom stereocenters. The molecule has 1 amide bonds. The Bertz CT molecular complexity index is 285. The molecule has 1 rings (SSSR count). The second-order valence-electron chi connectivity index (χ2n) is 2.69. The number of nitrogens with one attached hydrogen (secondary N) is 1. The van der Waals surface area contributed by atoms with Crippen LogP contribution in [0.15, 0.2) is 5.38 Å². The lowest BCUT2D eigenvalue weighted by Gasteiger charge is -1.99. The van der Waals surface area contributed by atoms with E-state index in [1.807, 2.05) is 12.3 Å². The number of carbonyl (C=O) groups excluding carboxylic acids is 1. The van der Waals surface area contributed by atoms with Crippen molar-refractivity contribution in [3.05, 3.63) is 16.1 Å². The van der Waals surface area contributed by atoms with Crippen LogP contribution in [0.2, 0.25) is 0 Å². The van der Waals surface area contributed by atoms with Crippen molar-refractivity contribution >= 4 is 17.2 Å². The second kappa shape index (κ2) is 4.94. The van der Waals surface area contributed by atoms with Crippen LogP contribution in [0.25, 0.3) is 0 Å². The molecule has 0 saturated carbocycles. The topological polar surface area (TPSA) is 68.0 Å². The average Bonchev–Trinajstić information content (AvgIpc) is 2.51. The van der Waals surface area contributed by atoms with E-state index in [1.165, 1.54) is 0 Å². The summed E-state index contributed by atoms with van der Waals surface area (Å²) in [7, 11) is 0. The lowest BCUT2D eigenvalue weighted by atomic mass is 10.4. The summed E-state index contributed by atoms with van der Waals surface area (Å²) in [5.41, 5.74) is 6.16. The fourth-order valence-electron chi connectivity index (χ4n) is 0.899.